The van der Waals surface area contributed by atoms with Gasteiger partial charge in [-0.05, 0) is 77.7 Å². The minimum absolute atomic E-state index is 0.0716. The summed E-state index contributed by atoms with van der Waals surface area (Å²) in [5, 5.41) is 3.56. The van der Waals surface area contributed by atoms with Crippen LogP contribution in [0.2, 0.25) is 0 Å². The second kappa shape index (κ2) is 10.8. The van der Waals surface area contributed by atoms with Gasteiger partial charge in [0.1, 0.15) is 0 Å². The molecule has 3 heterocycles. The van der Waals surface area contributed by atoms with Gasteiger partial charge in [-0.2, -0.15) is 0 Å². The van der Waals surface area contributed by atoms with Crippen molar-refractivity contribution in [2.24, 2.45) is 0 Å². The van der Waals surface area contributed by atoms with E-state index in [1.54, 1.807) is 30.3 Å². The molecule has 11 rings (SSSR count). The molecule has 0 aliphatic carbocycles. The minimum Gasteiger partial charge on any atom is -0.309 e. The van der Waals surface area contributed by atoms with Gasteiger partial charge in [-0.1, -0.05) is 121 Å². The summed E-state index contributed by atoms with van der Waals surface area (Å²) in [5.74, 6) is 0. The average molecular weight is 661 g/mol. The lowest BCUT2D eigenvalue weighted by Crippen LogP contribution is -2.00. The fourth-order valence-electron chi connectivity index (χ4n) is 7.60. The number of fused-ring (bicyclic) bond motifs is 9. The fourth-order valence-corrected chi connectivity index (χ4v) is 7.60. The molecule has 0 aliphatic heterocycles. The van der Waals surface area contributed by atoms with Crippen molar-refractivity contribution in [2.45, 2.75) is 0 Å². The van der Waals surface area contributed by atoms with E-state index in [0.29, 0.717) is 16.6 Å². The summed E-state index contributed by atoms with van der Waals surface area (Å²) in [4.78, 5) is 0. The summed E-state index contributed by atoms with van der Waals surface area (Å²) in [6.07, 6.45) is 0. The molecule has 0 bridgehead atoms. The van der Waals surface area contributed by atoms with E-state index in [1.807, 2.05) is 65.2 Å². The maximum absolute atomic E-state index is 10.1. The van der Waals surface area contributed by atoms with Gasteiger partial charge in [0.25, 0.3) is 0 Å². The molecule has 0 N–H and O–H groups in total. The van der Waals surface area contributed by atoms with E-state index in [4.69, 9.17) is 8.22 Å². The zero-order chi connectivity index (χ0) is 43.0. The maximum atomic E-state index is 10.1. The molecule has 0 atom stereocenters. The number of hydrogen-bond acceptors (Lipinski definition) is 0. The van der Waals surface area contributed by atoms with Gasteiger partial charge in [0, 0.05) is 49.4 Å². The Labute approximate surface area is 309 Å². The molecule has 3 aromatic heterocycles. The van der Waals surface area contributed by atoms with E-state index in [2.05, 4.69) is 34.9 Å². The van der Waals surface area contributed by atoms with Crippen molar-refractivity contribution < 1.29 is 15.1 Å². The van der Waals surface area contributed by atoms with E-state index in [0.717, 1.165) is 38.3 Å². The molecule has 0 radical (unpaired) electrons. The van der Waals surface area contributed by atoms with E-state index in [9.17, 15) is 6.85 Å². The molecular weight excluding hydrogens is 619 g/mol. The summed E-state index contributed by atoms with van der Waals surface area (Å²) < 4.78 is 106. The van der Waals surface area contributed by atoms with Gasteiger partial charge in [0.05, 0.1) is 48.2 Å². The number of para-hydroxylation sites is 5. The highest BCUT2D eigenvalue weighted by Crippen LogP contribution is 2.39. The zero-order valence-electron chi connectivity index (χ0n) is 37.9. The average Bonchev–Trinajstić information content (AvgIpc) is 3.93. The second-order valence-electron chi connectivity index (χ2n) is 12.5. The lowest BCUT2D eigenvalue weighted by Gasteiger charge is -2.16. The van der Waals surface area contributed by atoms with Crippen molar-refractivity contribution in [2.75, 3.05) is 0 Å². The van der Waals surface area contributed by atoms with Crippen LogP contribution < -0.4 is 0 Å². The molecule has 3 nitrogen and oxygen atoms in total. The van der Waals surface area contributed by atoms with Crippen LogP contribution in [-0.4, -0.2) is 13.7 Å². The predicted molar refractivity (Wildman–Crippen MR) is 215 cm³/mol. The first-order chi connectivity index (χ1) is 29.9. The van der Waals surface area contributed by atoms with Gasteiger partial charge in [0.2, 0.25) is 0 Å². The van der Waals surface area contributed by atoms with Crippen molar-refractivity contribution >= 4 is 65.4 Å². The highest BCUT2D eigenvalue weighted by molar-refractivity contribution is 6.13. The lowest BCUT2D eigenvalue weighted by molar-refractivity contribution is 1.13. The van der Waals surface area contributed by atoms with Crippen molar-refractivity contribution in [1.82, 2.24) is 13.7 Å². The summed E-state index contributed by atoms with van der Waals surface area (Å²) in [6, 6.07) is 33.7. The Morgan fingerprint density at radius 3 is 1.35 bits per heavy atom. The van der Waals surface area contributed by atoms with E-state index >= 15 is 0 Å². The van der Waals surface area contributed by atoms with Crippen molar-refractivity contribution in [1.29, 1.82) is 0 Å². The van der Waals surface area contributed by atoms with Crippen LogP contribution in [0.1, 0.15) is 15.1 Å². The van der Waals surface area contributed by atoms with Gasteiger partial charge >= 0.3 is 0 Å². The number of nitrogens with zero attached hydrogens (tertiary/aromatic N) is 3. The van der Waals surface area contributed by atoms with E-state index in [-0.39, 0.29) is 56.9 Å². The maximum Gasteiger partial charge on any atom is 0.0667 e. The van der Waals surface area contributed by atoms with Crippen molar-refractivity contribution in [3.8, 4) is 28.2 Å². The number of hydrogen-bond donors (Lipinski definition) is 0. The molecule has 0 fully saturated rings. The van der Waals surface area contributed by atoms with Crippen LogP contribution in [0.25, 0.3) is 93.6 Å². The predicted octanol–water partition coefficient (Wildman–Crippen LogP) is 12.6. The van der Waals surface area contributed by atoms with Crippen LogP contribution in [-0.2, 0) is 0 Å². The van der Waals surface area contributed by atoms with Crippen LogP contribution in [0.15, 0.2) is 188 Å². The van der Waals surface area contributed by atoms with E-state index in [1.165, 1.54) is 4.57 Å². The van der Waals surface area contributed by atoms with Gasteiger partial charge in [-0.15, -0.1) is 0 Å². The van der Waals surface area contributed by atoms with Gasteiger partial charge < -0.3 is 13.7 Å². The van der Waals surface area contributed by atoms with Crippen LogP contribution in [0.5, 0.6) is 0 Å². The van der Waals surface area contributed by atoms with Crippen LogP contribution in [0, 0.1) is 0 Å². The largest absolute Gasteiger partial charge is 0.309 e. The fraction of sp³-hybridized carbons (Fsp3) is 0. The second-order valence-corrected chi connectivity index (χ2v) is 12.5. The Morgan fingerprint density at radius 2 is 0.765 bits per heavy atom. The molecule has 0 amide bonds. The highest BCUT2D eigenvalue weighted by Gasteiger charge is 2.19. The third-order valence-electron chi connectivity index (χ3n) is 9.76. The van der Waals surface area contributed by atoms with Crippen molar-refractivity contribution in [3.05, 3.63) is 188 Å². The van der Waals surface area contributed by atoms with Crippen molar-refractivity contribution in [3.63, 3.8) is 0 Å². The smallest absolute Gasteiger partial charge is 0.0667 e. The molecule has 0 saturated carbocycles. The Bertz CT molecular complexity index is 3640. The third-order valence-corrected chi connectivity index (χ3v) is 9.76. The van der Waals surface area contributed by atoms with Gasteiger partial charge in [-0.25, -0.2) is 0 Å². The summed E-state index contributed by atoms with van der Waals surface area (Å²) in [7, 11) is 0. The molecule has 8 aromatic carbocycles. The first kappa shape index (κ1) is 19.4. The molecule has 11 aromatic rings. The Balaban J connectivity index is 1.31. The first-order valence-corrected chi connectivity index (χ1v) is 16.6. The molecule has 0 aliphatic rings. The molecular formula is C48H31N3. The quantitative estimate of drug-likeness (QED) is 0.178. The van der Waals surface area contributed by atoms with Gasteiger partial charge in [0.15, 0.2) is 0 Å². The Morgan fingerprint density at radius 1 is 0.314 bits per heavy atom. The normalized spacial score (nSPS) is 14.9. The van der Waals surface area contributed by atoms with Gasteiger partial charge in [-0.3, -0.25) is 0 Å². The molecule has 0 spiro atoms. The zero-order valence-corrected chi connectivity index (χ0v) is 26.9. The molecule has 51 heavy (non-hydrogen) atoms. The summed E-state index contributed by atoms with van der Waals surface area (Å²) >= 11 is 0. The summed E-state index contributed by atoms with van der Waals surface area (Å²) in [5.41, 5.74) is 4.33. The molecule has 0 saturated heterocycles. The topological polar surface area (TPSA) is 14.8 Å². The summed E-state index contributed by atoms with van der Waals surface area (Å²) in [6.45, 7) is 0. The third kappa shape index (κ3) is 4.12. The van der Waals surface area contributed by atoms with Crippen LogP contribution in [0.3, 0.4) is 0 Å². The minimum atomic E-state index is -0.609. The SMILES string of the molecule is [2H]c1c(-c2ccccc2)c([2H])c(-n2c3c([2H])c([2H])c([2H])c([2H])c3c3c([2H])c([2H])c([2H])c([2H])c32)c([2H])c1-n1c2ccccc2c2cc(-n3c4ccccc4c4ccccc43)ccc21. The first-order valence-electron chi connectivity index (χ1n) is 22.1. The van der Waals surface area contributed by atoms with E-state index < -0.39 is 48.3 Å². The molecule has 3 heteroatoms. The lowest BCUT2D eigenvalue weighted by atomic mass is 10.0. The molecule has 0 unspecified atom stereocenters. The van der Waals surface area contributed by atoms with Crippen LogP contribution >= 0.6 is 0 Å². The molecule has 238 valence electrons. The standard InChI is InChI=1S/C48H31N3/c1-2-14-32(15-3-1)33-28-35(50-45-23-11-6-18-39(45)40-19-7-12-24-46(40)50)30-36(29-33)51-47-25-13-8-20-41(47)42-31-34(26-27-48(42)51)49-43-21-9-4-16-37(43)38-17-5-10-22-44(38)49/h1-31H/i6D,7D,11D,12D,18D,19D,23D,24D,28D,29D,30D. The Kier molecular flexibility index (Phi) is 4.11. The Hall–Kier alpha value is -6.84. The highest BCUT2D eigenvalue weighted by atomic mass is 15.0. The monoisotopic (exact) mass is 660 g/mol. The number of benzene rings is 8. The van der Waals surface area contributed by atoms with Crippen LogP contribution in [0.4, 0.5) is 0 Å². The number of rotatable bonds is 4. The number of aromatic nitrogens is 3.